The number of urea groups is 1. The van der Waals surface area contributed by atoms with Crippen LogP contribution in [0.5, 0.6) is 0 Å². The number of anilines is 1. The maximum absolute atomic E-state index is 11.9. The molecule has 0 aliphatic rings. The number of carboxylic acid groups (broad SMARTS) is 1. The van der Waals surface area contributed by atoms with Gasteiger partial charge in [-0.05, 0) is 61.1 Å². The number of carbonyl (C=O) groups is 2. The van der Waals surface area contributed by atoms with E-state index in [-0.39, 0.29) is 6.42 Å². The van der Waals surface area contributed by atoms with Gasteiger partial charge in [0.25, 0.3) is 0 Å². The van der Waals surface area contributed by atoms with Gasteiger partial charge in [0.05, 0.1) is 6.42 Å². The second-order valence-electron chi connectivity index (χ2n) is 4.95. The van der Waals surface area contributed by atoms with Crippen molar-refractivity contribution in [2.24, 2.45) is 0 Å². The molecule has 0 radical (unpaired) electrons. The van der Waals surface area contributed by atoms with Crippen molar-refractivity contribution in [2.45, 2.75) is 32.7 Å². The molecule has 0 aliphatic carbocycles. The first-order chi connectivity index (χ1) is 8.71. The fourth-order valence-corrected chi connectivity index (χ4v) is 2.12. The highest BCUT2D eigenvalue weighted by Crippen LogP contribution is 2.20. The molecule has 6 heteroatoms. The largest absolute Gasteiger partial charge is 0.481 e. The zero-order chi connectivity index (χ0) is 14.6. The van der Waals surface area contributed by atoms with E-state index in [1.54, 1.807) is 19.9 Å². The molecule has 19 heavy (non-hydrogen) atoms. The lowest BCUT2D eigenvalue weighted by atomic mass is 10.0. The Bertz CT molecular complexity index is 501. The van der Waals surface area contributed by atoms with E-state index in [2.05, 4.69) is 33.2 Å². The molecule has 0 bridgehead atoms. The molecule has 0 unspecified atom stereocenters. The third-order valence-electron chi connectivity index (χ3n) is 2.56. The van der Waals surface area contributed by atoms with Gasteiger partial charge in [-0.25, -0.2) is 4.79 Å². The Morgan fingerprint density at radius 2 is 2.00 bits per heavy atom. The molecule has 1 aromatic carbocycles. The standard InChI is InChI=1S/C13H17IN2O3/c1-8-9(14)5-4-6-10(8)15-12(19)16-13(2,3)7-11(17)18/h4-6H,7H2,1-3H3,(H,17,18)(H2,15,16,19). The summed E-state index contributed by atoms with van der Waals surface area (Å²) in [6.07, 6.45) is -0.133. The monoisotopic (exact) mass is 376 g/mol. The number of rotatable bonds is 4. The van der Waals surface area contributed by atoms with Crippen molar-refractivity contribution in [1.82, 2.24) is 5.32 Å². The average molecular weight is 376 g/mol. The van der Waals surface area contributed by atoms with Crippen LogP contribution in [0.25, 0.3) is 0 Å². The quantitative estimate of drug-likeness (QED) is 0.707. The minimum absolute atomic E-state index is 0.133. The van der Waals surface area contributed by atoms with Crippen LogP contribution in [0.2, 0.25) is 0 Å². The Hall–Kier alpha value is -1.31. The lowest BCUT2D eigenvalue weighted by Gasteiger charge is -2.24. The number of aliphatic carboxylic acids is 1. The smallest absolute Gasteiger partial charge is 0.319 e. The van der Waals surface area contributed by atoms with Crippen LogP contribution >= 0.6 is 22.6 Å². The summed E-state index contributed by atoms with van der Waals surface area (Å²) in [6.45, 7) is 5.25. The Labute approximate surface area is 125 Å². The first-order valence-electron chi connectivity index (χ1n) is 5.77. The van der Waals surface area contributed by atoms with Crippen LogP contribution in [-0.4, -0.2) is 22.6 Å². The number of carboxylic acids is 1. The second kappa shape index (κ2) is 6.23. The van der Waals surface area contributed by atoms with Crippen molar-refractivity contribution in [1.29, 1.82) is 0 Å². The molecule has 0 aromatic heterocycles. The normalized spacial score (nSPS) is 10.9. The van der Waals surface area contributed by atoms with Gasteiger partial charge >= 0.3 is 12.0 Å². The number of hydrogen-bond donors (Lipinski definition) is 3. The summed E-state index contributed by atoms with van der Waals surface area (Å²) < 4.78 is 1.06. The topological polar surface area (TPSA) is 78.4 Å². The third kappa shape index (κ3) is 5.06. The summed E-state index contributed by atoms with van der Waals surface area (Å²) in [5.41, 5.74) is 0.899. The molecule has 0 saturated carbocycles. The predicted molar refractivity (Wildman–Crippen MR) is 82.4 cm³/mol. The van der Waals surface area contributed by atoms with Crippen LogP contribution in [0, 0.1) is 10.5 Å². The van der Waals surface area contributed by atoms with E-state index in [1.165, 1.54) is 0 Å². The lowest BCUT2D eigenvalue weighted by molar-refractivity contribution is -0.138. The Balaban J connectivity index is 2.70. The number of carbonyl (C=O) groups excluding carboxylic acids is 1. The average Bonchev–Trinajstić information content (AvgIpc) is 2.21. The van der Waals surface area contributed by atoms with Gasteiger partial charge in [-0.1, -0.05) is 6.07 Å². The van der Waals surface area contributed by atoms with Crippen molar-refractivity contribution < 1.29 is 14.7 Å². The summed E-state index contributed by atoms with van der Waals surface area (Å²) in [7, 11) is 0. The van der Waals surface area contributed by atoms with E-state index in [0.717, 1.165) is 14.8 Å². The molecule has 1 rings (SSSR count). The third-order valence-corrected chi connectivity index (χ3v) is 3.73. The van der Waals surface area contributed by atoms with Gasteiger partial charge in [-0.15, -0.1) is 0 Å². The zero-order valence-electron chi connectivity index (χ0n) is 11.1. The highest BCUT2D eigenvalue weighted by Gasteiger charge is 2.24. The van der Waals surface area contributed by atoms with Crippen LogP contribution < -0.4 is 10.6 Å². The molecule has 0 aliphatic heterocycles. The van der Waals surface area contributed by atoms with Crippen molar-refractivity contribution in [3.63, 3.8) is 0 Å². The van der Waals surface area contributed by atoms with E-state index in [4.69, 9.17) is 5.11 Å². The Morgan fingerprint density at radius 3 is 2.58 bits per heavy atom. The number of amides is 2. The van der Waals surface area contributed by atoms with E-state index in [0.29, 0.717) is 0 Å². The highest BCUT2D eigenvalue weighted by atomic mass is 127. The van der Waals surface area contributed by atoms with E-state index < -0.39 is 17.5 Å². The predicted octanol–water partition coefficient (Wildman–Crippen LogP) is 2.97. The zero-order valence-corrected chi connectivity index (χ0v) is 13.2. The number of hydrogen-bond acceptors (Lipinski definition) is 2. The molecule has 0 saturated heterocycles. The molecular weight excluding hydrogens is 359 g/mol. The molecule has 0 atom stereocenters. The lowest BCUT2D eigenvalue weighted by Crippen LogP contribution is -2.46. The first kappa shape index (κ1) is 15.7. The second-order valence-corrected chi connectivity index (χ2v) is 6.11. The van der Waals surface area contributed by atoms with Crippen molar-refractivity contribution in [3.05, 3.63) is 27.3 Å². The van der Waals surface area contributed by atoms with Crippen LogP contribution in [0.15, 0.2) is 18.2 Å². The molecule has 2 amide bonds. The molecule has 104 valence electrons. The summed E-state index contributed by atoms with van der Waals surface area (Å²) in [5, 5.41) is 14.1. The van der Waals surface area contributed by atoms with E-state index in [9.17, 15) is 9.59 Å². The van der Waals surface area contributed by atoms with Gasteiger partial charge in [0.2, 0.25) is 0 Å². The van der Waals surface area contributed by atoms with Crippen molar-refractivity contribution in [2.75, 3.05) is 5.32 Å². The molecular formula is C13H17IN2O3. The summed E-state index contributed by atoms with van der Waals surface area (Å²) >= 11 is 2.19. The minimum Gasteiger partial charge on any atom is -0.481 e. The Kier molecular flexibility index (Phi) is 5.16. The molecule has 1 aromatic rings. The van der Waals surface area contributed by atoms with Crippen LogP contribution in [0.4, 0.5) is 10.5 Å². The minimum atomic E-state index is -0.948. The molecule has 5 nitrogen and oxygen atoms in total. The molecule has 3 N–H and O–H groups in total. The van der Waals surface area contributed by atoms with E-state index in [1.807, 2.05) is 19.1 Å². The molecule has 0 fully saturated rings. The van der Waals surface area contributed by atoms with Gasteiger partial charge < -0.3 is 15.7 Å². The number of benzene rings is 1. The van der Waals surface area contributed by atoms with E-state index >= 15 is 0 Å². The summed E-state index contributed by atoms with van der Waals surface area (Å²) in [5.74, 6) is -0.948. The molecule has 0 heterocycles. The molecule has 0 spiro atoms. The maximum Gasteiger partial charge on any atom is 0.319 e. The highest BCUT2D eigenvalue weighted by molar-refractivity contribution is 14.1. The Morgan fingerprint density at radius 1 is 1.37 bits per heavy atom. The summed E-state index contributed by atoms with van der Waals surface area (Å²) in [6, 6.07) is 5.21. The summed E-state index contributed by atoms with van der Waals surface area (Å²) in [4.78, 5) is 22.5. The van der Waals surface area contributed by atoms with Crippen LogP contribution in [0.1, 0.15) is 25.8 Å². The maximum atomic E-state index is 11.9. The SMILES string of the molecule is Cc1c(I)cccc1NC(=O)NC(C)(C)CC(=O)O. The number of halogens is 1. The van der Waals surface area contributed by atoms with Gasteiger partial charge in [0.1, 0.15) is 0 Å². The van der Waals surface area contributed by atoms with Gasteiger partial charge in [-0.3, -0.25) is 4.79 Å². The first-order valence-corrected chi connectivity index (χ1v) is 6.85. The van der Waals surface area contributed by atoms with Crippen LogP contribution in [-0.2, 0) is 4.79 Å². The van der Waals surface area contributed by atoms with Gasteiger partial charge in [0, 0.05) is 14.8 Å². The fraction of sp³-hybridized carbons (Fsp3) is 0.385. The van der Waals surface area contributed by atoms with Gasteiger partial charge in [0.15, 0.2) is 0 Å². The van der Waals surface area contributed by atoms with Gasteiger partial charge in [-0.2, -0.15) is 0 Å². The number of nitrogens with one attached hydrogen (secondary N) is 2. The van der Waals surface area contributed by atoms with Crippen molar-refractivity contribution in [3.8, 4) is 0 Å². The van der Waals surface area contributed by atoms with Crippen molar-refractivity contribution >= 4 is 40.3 Å². The fourth-order valence-electron chi connectivity index (χ4n) is 1.63. The van der Waals surface area contributed by atoms with Crippen LogP contribution in [0.3, 0.4) is 0 Å².